The van der Waals surface area contributed by atoms with Gasteiger partial charge in [0.05, 0.1) is 17.8 Å². The van der Waals surface area contributed by atoms with Gasteiger partial charge in [-0.25, -0.2) is 4.98 Å². The van der Waals surface area contributed by atoms with E-state index < -0.39 is 0 Å². The molecular weight excluding hydrogens is 246 g/mol. The normalized spacial score (nSPS) is 11.0. The Morgan fingerprint density at radius 2 is 2.06 bits per heavy atom. The molecule has 0 bridgehead atoms. The lowest BCUT2D eigenvalue weighted by atomic mass is 10.3. The van der Waals surface area contributed by atoms with Gasteiger partial charge in [-0.15, -0.1) is 0 Å². The molecule has 0 atom stereocenters. The number of hydrogen-bond donors (Lipinski definition) is 0. The molecule has 4 heteroatoms. The number of aromatic nitrogens is 3. The first kappa shape index (κ1) is 11.2. The molecule has 0 saturated heterocycles. The Labute approximate surface area is 110 Å². The summed E-state index contributed by atoms with van der Waals surface area (Å²) in [5.41, 5.74) is 3.14. The van der Waals surface area contributed by atoms with Gasteiger partial charge in [0.1, 0.15) is 0 Å². The lowest BCUT2D eigenvalue weighted by Gasteiger charge is -2.08. The summed E-state index contributed by atoms with van der Waals surface area (Å²) in [4.78, 5) is 8.49. The molecule has 18 heavy (non-hydrogen) atoms. The van der Waals surface area contributed by atoms with Gasteiger partial charge in [0.15, 0.2) is 5.15 Å². The zero-order valence-corrected chi connectivity index (χ0v) is 10.7. The van der Waals surface area contributed by atoms with Crippen LogP contribution in [0.3, 0.4) is 0 Å². The highest BCUT2D eigenvalue weighted by Gasteiger charge is 2.10. The van der Waals surface area contributed by atoms with Crippen molar-refractivity contribution in [1.82, 2.24) is 14.5 Å². The summed E-state index contributed by atoms with van der Waals surface area (Å²) in [6.07, 6.45) is 3.53. The highest BCUT2D eigenvalue weighted by atomic mass is 35.5. The van der Waals surface area contributed by atoms with Crippen LogP contribution in [0.4, 0.5) is 0 Å². The van der Waals surface area contributed by atoms with E-state index in [0.29, 0.717) is 11.7 Å². The minimum absolute atomic E-state index is 0.538. The maximum absolute atomic E-state index is 6.19. The first-order valence-corrected chi connectivity index (χ1v) is 6.14. The second-order valence-corrected chi connectivity index (χ2v) is 4.59. The van der Waals surface area contributed by atoms with E-state index in [-0.39, 0.29) is 0 Å². The number of rotatable bonds is 2. The lowest BCUT2D eigenvalue weighted by molar-refractivity contribution is 0.779. The van der Waals surface area contributed by atoms with Crippen LogP contribution in [-0.2, 0) is 6.54 Å². The van der Waals surface area contributed by atoms with Gasteiger partial charge in [-0.3, -0.25) is 4.98 Å². The van der Waals surface area contributed by atoms with Gasteiger partial charge in [-0.2, -0.15) is 0 Å². The van der Waals surface area contributed by atoms with Gasteiger partial charge in [0.25, 0.3) is 0 Å². The highest BCUT2D eigenvalue weighted by Crippen LogP contribution is 2.25. The molecule has 3 nitrogen and oxygen atoms in total. The Hall–Kier alpha value is -1.87. The van der Waals surface area contributed by atoms with E-state index in [1.165, 1.54) is 0 Å². The van der Waals surface area contributed by atoms with Crippen molar-refractivity contribution in [3.8, 4) is 0 Å². The zero-order valence-electron chi connectivity index (χ0n) is 9.97. The topological polar surface area (TPSA) is 30.7 Å². The number of hydrogen-bond acceptors (Lipinski definition) is 2. The summed E-state index contributed by atoms with van der Waals surface area (Å²) in [6, 6.07) is 10.0. The molecule has 0 aliphatic carbocycles. The van der Waals surface area contributed by atoms with E-state index in [1.54, 1.807) is 12.4 Å². The zero-order chi connectivity index (χ0) is 12.5. The first-order chi connectivity index (χ1) is 8.75. The van der Waals surface area contributed by atoms with Crippen LogP contribution in [0.25, 0.3) is 10.9 Å². The summed E-state index contributed by atoms with van der Waals surface area (Å²) < 4.78 is 2.15. The van der Waals surface area contributed by atoms with Crippen molar-refractivity contribution in [2.24, 2.45) is 0 Å². The van der Waals surface area contributed by atoms with Crippen LogP contribution < -0.4 is 0 Å². The molecule has 3 heterocycles. The summed E-state index contributed by atoms with van der Waals surface area (Å²) in [5, 5.41) is 1.65. The molecule has 0 amide bonds. The number of nitrogens with zero attached hydrogens (tertiary/aromatic N) is 3. The smallest absolute Gasteiger partial charge is 0.153 e. The maximum atomic E-state index is 6.19. The first-order valence-electron chi connectivity index (χ1n) is 5.76. The van der Waals surface area contributed by atoms with Crippen LogP contribution in [0.1, 0.15) is 11.4 Å². The summed E-state index contributed by atoms with van der Waals surface area (Å²) >= 11 is 6.19. The molecule has 0 fully saturated rings. The number of halogens is 1. The molecule has 0 N–H and O–H groups in total. The average molecular weight is 258 g/mol. The largest absolute Gasteiger partial charge is 0.336 e. The van der Waals surface area contributed by atoms with Crippen LogP contribution >= 0.6 is 11.6 Å². The van der Waals surface area contributed by atoms with E-state index in [4.69, 9.17) is 11.6 Å². The van der Waals surface area contributed by atoms with Crippen LogP contribution in [-0.4, -0.2) is 14.5 Å². The van der Waals surface area contributed by atoms with Gasteiger partial charge in [0.2, 0.25) is 0 Å². The van der Waals surface area contributed by atoms with Crippen molar-refractivity contribution in [1.29, 1.82) is 0 Å². The fraction of sp³-hybridized carbons (Fsp3) is 0.143. The van der Waals surface area contributed by atoms with E-state index in [0.717, 1.165) is 22.3 Å². The van der Waals surface area contributed by atoms with Gasteiger partial charge < -0.3 is 4.57 Å². The predicted octanol–water partition coefficient (Wildman–Crippen LogP) is 3.44. The molecule has 3 rings (SSSR count). The van der Waals surface area contributed by atoms with Crippen molar-refractivity contribution in [3.05, 3.63) is 59.3 Å². The van der Waals surface area contributed by atoms with E-state index in [2.05, 4.69) is 27.5 Å². The minimum atomic E-state index is 0.538. The van der Waals surface area contributed by atoms with Crippen LogP contribution in [0, 0.1) is 6.92 Å². The van der Waals surface area contributed by atoms with Gasteiger partial charge in [0, 0.05) is 23.5 Å². The van der Waals surface area contributed by atoms with E-state index >= 15 is 0 Å². The third kappa shape index (κ3) is 1.87. The quantitative estimate of drug-likeness (QED) is 0.659. The summed E-state index contributed by atoms with van der Waals surface area (Å²) in [5.74, 6) is 0. The Kier molecular flexibility index (Phi) is 2.76. The summed E-state index contributed by atoms with van der Waals surface area (Å²) in [7, 11) is 0. The van der Waals surface area contributed by atoms with Crippen molar-refractivity contribution < 1.29 is 0 Å². The van der Waals surface area contributed by atoms with Crippen molar-refractivity contribution in [2.75, 3.05) is 0 Å². The predicted molar refractivity (Wildman–Crippen MR) is 72.8 cm³/mol. The third-order valence-electron chi connectivity index (χ3n) is 3.02. The minimum Gasteiger partial charge on any atom is -0.336 e. The van der Waals surface area contributed by atoms with Crippen molar-refractivity contribution >= 4 is 22.5 Å². The third-order valence-corrected chi connectivity index (χ3v) is 3.29. The second kappa shape index (κ2) is 4.42. The van der Waals surface area contributed by atoms with Crippen molar-refractivity contribution in [2.45, 2.75) is 13.5 Å². The molecule has 3 aromatic rings. The SMILES string of the molecule is Cc1cc2ccnc(Cl)c2n1Cc1ccccn1. The van der Waals surface area contributed by atoms with Gasteiger partial charge in [-0.1, -0.05) is 17.7 Å². The van der Waals surface area contributed by atoms with E-state index in [9.17, 15) is 0 Å². The second-order valence-electron chi connectivity index (χ2n) is 4.23. The van der Waals surface area contributed by atoms with Crippen LogP contribution in [0.5, 0.6) is 0 Å². The average Bonchev–Trinajstić information content (AvgIpc) is 2.69. The monoisotopic (exact) mass is 257 g/mol. The Bertz CT molecular complexity index is 689. The summed E-state index contributed by atoms with van der Waals surface area (Å²) in [6.45, 7) is 2.78. The van der Waals surface area contributed by atoms with Crippen molar-refractivity contribution in [3.63, 3.8) is 0 Å². The fourth-order valence-electron chi connectivity index (χ4n) is 2.16. The standard InChI is InChI=1S/C14H12ClN3/c1-10-8-11-5-7-17-14(15)13(11)18(10)9-12-4-2-3-6-16-12/h2-8H,9H2,1H3. The molecule has 0 unspecified atom stereocenters. The fourth-order valence-corrected chi connectivity index (χ4v) is 2.43. The molecule has 0 aliphatic heterocycles. The van der Waals surface area contributed by atoms with Gasteiger partial charge in [-0.05, 0) is 31.2 Å². The number of aryl methyl sites for hydroxylation is 1. The molecule has 0 aromatic carbocycles. The molecule has 3 aromatic heterocycles. The molecule has 0 spiro atoms. The lowest BCUT2D eigenvalue weighted by Crippen LogP contribution is -2.03. The molecule has 0 radical (unpaired) electrons. The molecule has 0 aliphatic rings. The molecular formula is C14H12ClN3. The van der Waals surface area contributed by atoms with Gasteiger partial charge >= 0.3 is 0 Å². The number of fused-ring (bicyclic) bond motifs is 1. The molecule has 0 saturated carbocycles. The molecule has 90 valence electrons. The van der Waals surface area contributed by atoms with Crippen LogP contribution in [0.2, 0.25) is 5.15 Å². The Balaban J connectivity index is 2.14. The van der Waals surface area contributed by atoms with Crippen LogP contribution in [0.15, 0.2) is 42.7 Å². The Morgan fingerprint density at radius 3 is 2.83 bits per heavy atom. The number of pyridine rings is 2. The Morgan fingerprint density at radius 1 is 1.17 bits per heavy atom. The van der Waals surface area contributed by atoms with E-state index in [1.807, 2.05) is 24.3 Å². The maximum Gasteiger partial charge on any atom is 0.153 e. The highest BCUT2D eigenvalue weighted by molar-refractivity contribution is 6.33.